The molecule has 0 aliphatic heterocycles. The summed E-state index contributed by atoms with van der Waals surface area (Å²) in [7, 11) is 0. The van der Waals surface area contributed by atoms with Crippen LogP contribution in [0.2, 0.25) is 0 Å². The van der Waals surface area contributed by atoms with Gasteiger partial charge >= 0.3 is 0 Å². The van der Waals surface area contributed by atoms with Gasteiger partial charge in [0.05, 0.1) is 6.04 Å². The number of hydrogen-bond donors (Lipinski definition) is 1. The highest BCUT2D eigenvalue weighted by atomic mass is 15.2. The van der Waals surface area contributed by atoms with Gasteiger partial charge in [0.15, 0.2) is 0 Å². The third kappa shape index (κ3) is 4.71. The second kappa shape index (κ2) is 10.4. The van der Waals surface area contributed by atoms with E-state index in [1.807, 2.05) is 0 Å². The first-order chi connectivity index (χ1) is 16.7. The van der Waals surface area contributed by atoms with E-state index in [2.05, 4.69) is 125 Å². The van der Waals surface area contributed by atoms with Gasteiger partial charge in [-0.15, -0.1) is 0 Å². The number of nitrogens with one attached hydrogen (secondary N) is 1. The van der Waals surface area contributed by atoms with Gasteiger partial charge in [-0.2, -0.15) is 0 Å². The molecule has 0 saturated heterocycles. The maximum Gasteiger partial charge on any atom is 0.145 e. The van der Waals surface area contributed by atoms with Gasteiger partial charge in [0.2, 0.25) is 0 Å². The van der Waals surface area contributed by atoms with Crippen molar-refractivity contribution in [3.05, 3.63) is 108 Å². The van der Waals surface area contributed by atoms with Crippen LogP contribution in [0.5, 0.6) is 0 Å². The van der Waals surface area contributed by atoms with Gasteiger partial charge in [-0.3, -0.25) is 4.57 Å². The third-order valence-corrected chi connectivity index (χ3v) is 6.98. The molecule has 3 nitrogen and oxygen atoms in total. The fraction of sp³-hybridized carbons (Fsp3) is 0.323. The molecule has 3 heteroatoms. The Hall–Kier alpha value is -3.17. The Morgan fingerprint density at radius 3 is 2.15 bits per heavy atom. The zero-order valence-corrected chi connectivity index (χ0v) is 20.3. The number of nitrogens with zero attached hydrogens (tertiary/aromatic N) is 2. The molecule has 1 aliphatic carbocycles. The maximum atomic E-state index is 3.91. The van der Waals surface area contributed by atoms with Crippen LogP contribution in [-0.2, 0) is 6.54 Å². The lowest BCUT2D eigenvalue weighted by molar-refractivity contribution is -0.721. The van der Waals surface area contributed by atoms with E-state index in [1.165, 1.54) is 54.0 Å². The molecule has 1 saturated carbocycles. The molecule has 1 heterocycles. The van der Waals surface area contributed by atoms with E-state index in [0.29, 0.717) is 18.0 Å². The summed E-state index contributed by atoms with van der Waals surface area (Å²) in [4.78, 5) is 0. The average molecular weight is 450 g/mol. The molecular weight excluding hydrogens is 414 g/mol. The molecule has 3 aromatic carbocycles. The van der Waals surface area contributed by atoms with Gasteiger partial charge in [0, 0.05) is 18.3 Å². The minimum atomic E-state index is 0.364. The fourth-order valence-electron chi connectivity index (χ4n) is 5.27. The molecule has 2 atom stereocenters. The first-order valence-corrected chi connectivity index (χ1v) is 12.7. The summed E-state index contributed by atoms with van der Waals surface area (Å²) in [6, 6.07) is 33.2. The molecule has 5 rings (SSSR count). The van der Waals surface area contributed by atoms with Crippen LogP contribution in [0.4, 0.5) is 0 Å². The number of aromatic nitrogens is 2. The molecule has 0 bridgehead atoms. The molecule has 1 N–H and O–H groups in total. The molecule has 174 valence electrons. The Morgan fingerprint density at radius 1 is 0.853 bits per heavy atom. The van der Waals surface area contributed by atoms with Crippen molar-refractivity contribution in [3.8, 4) is 17.1 Å². The second-order valence-electron chi connectivity index (χ2n) is 9.71. The smallest absolute Gasteiger partial charge is 0.145 e. The second-order valence-corrected chi connectivity index (χ2v) is 9.71. The number of benzene rings is 3. The van der Waals surface area contributed by atoms with Crippen molar-refractivity contribution in [1.82, 2.24) is 9.88 Å². The lowest BCUT2D eigenvalue weighted by Crippen LogP contribution is -2.53. The molecule has 0 radical (unpaired) electrons. The molecule has 1 aliphatic rings. The van der Waals surface area contributed by atoms with Gasteiger partial charge in [0.1, 0.15) is 11.5 Å². The summed E-state index contributed by atoms with van der Waals surface area (Å²) in [6.07, 6.45) is 8.79. The summed E-state index contributed by atoms with van der Waals surface area (Å²) >= 11 is 0. The number of imidazole rings is 1. The minimum absolute atomic E-state index is 0.364. The van der Waals surface area contributed by atoms with Crippen LogP contribution < -0.4 is 9.88 Å². The number of para-hydroxylation sites is 1. The highest BCUT2D eigenvalue weighted by Gasteiger charge is 2.31. The van der Waals surface area contributed by atoms with Crippen LogP contribution in [0.15, 0.2) is 91.0 Å². The molecular formula is C31H35N3. The summed E-state index contributed by atoms with van der Waals surface area (Å²) in [6.45, 7) is 5.45. The molecule has 34 heavy (non-hydrogen) atoms. The Balaban J connectivity index is 1.61. The monoisotopic (exact) mass is 449 g/mol. The van der Waals surface area contributed by atoms with E-state index >= 15 is 0 Å². The lowest BCUT2D eigenvalue weighted by atomic mass is 9.89. The van der Waals surface area contributed by atoms with E-state index in [-0.39, 0.29) is 0 Å². The van der Waals surface area contributed by atoms with Gasteiger partial charge in [-0.05, 0) is 54.6 Å². The molecule has 1 aromatic heterocycles. The van der Waals surface area contributed by atoms with Gasteiger partial charge in [-0.1, -0.05) is 99.1 Å². The van der Waals surface area contributed by atoms with Crippen LogP contribution in [0, 0.1) is 6.20 Å². The Kier molecular flexibility index (Phi) is 6.92. The molecule has 4 aromatic rings. The predicted molar refractivity (Wildman–Crippen MR) is 139 cm³/mol. The fourth-order valence-corrected chi connectivity index (χ4v) is 5.27. The first kappa shape index (κ1) is 22.6. The van der Waals surface area contributed by atoms with E-state index in [1.54, 1.807) is 0 Å². The third-order valence-electron chi connectivity index (χ3n) is 6.98. The van der Waals surface area contributed by atoms with E-state index in [0.717, 1.165) is 6.54 Å². The van der Waals surface area contributed by atoms with Crippen molar-refractivity contribution in [2.45, 2.75) is 64.1 Å². The summed E-state index contributed by atoms with van der Waals surface area (Å²) in [5.41, 5.74) is 5.01. The highest BCUT2D eigenvalue weighted by molar-refractivity contribution is 5.57. The Morgan fingerprint density at radius 2 is 1.47 bits per heavy atom. The zero-order valence-electron chi connectivity index (χ0n) is 20.3. The van der Waals surface area contributed by atoms with E-state index in [4.69, 9.17) is 0 Å². The lowest BCUT2D eigenvalue weighted by Gasteiger charge is -2.34. The largest absolute Gasteiger partial charge is 0.389 e. The average Bonchev–Trinajstić information content (AvgIpc) is 3.30. The van der Waals surface area contributed by atoms with Gasteiger partial charge in [-0.25, -0.2) is 0 Å². The number of rotatable bonds is 7. The van der Waals surface area contributed by atoms with Crippen molar-refractivity contribution in [1.29, 1.82) is 0 Å². The standard InChI is InChI=1S/C31H35N3/c1-24(2)30-23-33(29-21-13-12-20-28(29)32-22-25-14-6-3-7-15-25)31(26-16-8-4-9-17-26)34(30)27-18-10-5-11-19-27/h3-11,14-19,24,28-29,32H,12-13,20-22H2,1-2H3/t28-,29-/m1/s1. The van der Waals surface area contributed by atoms with Crippen molar-refractivity contribution in [3.63, 3.8) is 0 Å². The molecule has 0 amide bonds. The highest BCUT2D eigenvalue weighted by Crippen LogP contribution is 2.32. The van der Waals surface area contributed by atoms with E-state index < -0.39 is 0 Å². The first-order valence-electron chi connectivity index (χ1n) is 12.7. The van der Waals surface area contributed by atoms with Crippen LogP contribution in [0.1, 0.15) is 62.7 Å². The van der Waals surface area contributed by atoms with Crippen LogP contribution in [0.25, 0.3) is 17.1 Å². The van der Waals surface area contributed by atoms with Gasteiger partial charge < -0.3 is 9.88 Å². The van der Waals surface area contributed by atoms with Crippen molar-refractivity contribution >= 4 is 0 Å². The SMILES string of the molecule is CC(C)c1[c-][n+]([C@@H]2CCCC[C@H]2NCc2ccccc2)c(-c2ccccc2)n1-c1ccccc1. The zero-order chi connectivity index (χ0) is 23.3. The Bertz CT molecular complexity index is 1180. The van der Waals surface area contributed by atoms with Crippen molar-refractivity contribution in [2.24, 2.45) is 0 Å². The molecule has 0 unspecified atom stereocenters. The predicted octanol–water partition coefficient (Wildman–Crippen LogP) is 6.63. The van der Waals surface area contributed by atoms with Gasteiger partial charge in [0.25, 0.3) is 0 Å². The Labute approximate surface area is 204 Å². The normalized spacial score (nSPS) is 18.3. The summed E-state index contributed by atoms with van der Waals surface area (Å²) in [5.74, 6) is 1.59. The minimum Gasteiger partial charge on any atom is -0.389 e. The van der Waals surface area contributed by atoms with Crippen LogP contribution in [-0.4, -0.2) is 10.6 Å². The maximum absolute atomic E-state index is 3.91. The van der Waals surface area contributed by atoms with E-state index in [9.17, 15) is 0 Å². The summed E-state index contributed by atoms with van der Waals surface area (Å²) in [5, 5.41) is 3.91. The van der Waals surface area contributed by atoms with Crippen molar-refractivity contribution in [2.75, 3.05) is 0 Å². The van der Waals surface area contributed by atoms with Crippen LogP contribution in [0.3, 0.4) is 0 Å². The summed E-state index contributed by atoms with van der Waals surface area (Å²) < 4.78 is 4.91. The topological polar surface area (TPSA) is 20.8 Å². The number of hydrogen-bond acceptors (Lipinski definition) is 1. The molecule has 1 fully saturated rings. The molecule has 0 spiro atoms. The van der Waals surface area contributed by atoms with Crippen molar-refractivity contribution < 1.29 is 4.57 Å². The quantitative estimate of drug-likeness (QED) is 0.248. The van der Waals surface area contributed by atoms with Crippen LogP contribution >= 0.6 is 0 Å².